The highest BCUT2D eigenvalue weighted by atomic mass is 19.1. The van der Waals surface area contributed by atoms with Crippen LogP contribution in [0.3, 0.4) is 0 Å². The SMILES string of the molecule is C=C(N=Cc1c(CF)nc(OCC23CCCN2CCC3)nc1N1CC2CCC(C1)N2)c1ccccc1. The van der Waals surface area contributed by atoms with E-state index in [2.05, 4.69) is 31.7 Å². The monoisotopic (exact) mass is 490 g/mol. The fourth-order valence-electron chi connectivity index (χ4n) is 6.50. The topological polar surface area (TPSA) is 65.9 Å². The lowest BCUT2D eigenvalue weighted by atomic mass is 9.95. The third-order valence-electron chi connectivity index (χ3n) is 8.36. The van der Waals surface area contributed by atoms with E-state index in [1.807, 2.05) is 30.3 Å². The van der Waals surface area contributed by atoms with Crippen LogP contribution >= 0.6 is 0 Å². The Bertz CT molecular complexity index is 1120. The second kappa shape index (κ2) is 9.90. The van der Waals surface area contributed by atoms with E-state index in [4.69, 9.17) is 9.72 Å². The Morgan fingerprint density at radius 3 is 2.56 bits per heavy atom. The van der Waals surface area contributed by atoms with Crippen LogP contribution in [0.15, 0.2) is 41.9 Å². The molecule has 2 unspecified atom stereocenters. The van der Waals surface area contributed by atoms with E-state index in [0.717, 1.165) is 57.4 Å². The summed E-state index contributed by atoms with van der Waals surface area (Å²) in [6.45, 7) is 7.89. The molecule has 4 saturated heterocycles. The molecule has 2 bridgehead atoms. The van der Waals surface area contributed by atoms with E-state index >= 15 is 0 Å². The standard InChI is InChI=1S/C28H35FN6O/c1-20(21-7-3-2-4-8-21)30-16-24-25(15-29)32-27(36-19-28-11-5-13-35(28)14-6-12-28)33-26(24)34-17-22-9-10-23(18-34)31-22/h2-4,7-8,16,22-23,31H,1,5-6,9-15,17-19H2. The van der Waals surface area contributed by atoms with Gasteiger partial charge >= 0.3 is 6.01 Å². The molecule has 190 valence electrons. The number of piperazine rings is 1. The normalized spacial score (nSPS) is 25.0. The molecule has 1 aromatic heterocycles. The quantitative estimate of drug-likeness (QED) is 0.565. The highest BCUT2D eigenvalue weighted by molar-refractivity contribution is 5.91. The molecule has 4 aliphatic heterocycles. The molecular weight excluding hydrogens is 455 g/mol. The lowest BCUT2D eigenvalue weighted by Gasteiger charge is -2.35. The molecule has 0 saturated carbocycles. The van der Waals surface area contributed by atoms with Gasteiger partial charge in [-0.1, -0.05) is 36.9 Å². The summed E-state index contributed by atoms with van der Waals surface area (Å²) in [5.41, 5.74) is 2.56. The third kappa shape index (κ3) is 4.52. The second-order valence-corrected chi connectivity index (χ2v) is 10.6. The maximum Gasteiger partial charge on any atom is 0.318 e. The van der Waals surface area contributed by atoms with Crippen molar-refractivity contribution in [2.45, 2.75) is 62.8 Å². The van der Waals surface area contributed by atoms with Crippen molar-refractivity contribution >= 4 is 17.7 Å². The first-order chi connectivity index (χ1) is 17.6. The van der Waals surface area contributed by atoms with Gasteiger partial charge in [0.2, 0.25) is 0 Å². The lowest BCUT2D eigenvalue weighted by molar-refractivity contribution is 0.107. The van der Waals surface area contributed by atoms with E-state index in [1.54, 1.807) is 6.21 Å². The van der Waals surface area contributed by atoms with Crippen molar-refractivity contribution in [3.8, 4) is 6.01 Å². The molecule has 8 heteroatoms. The van der Waals surface area contributed by atoms with Gasteiger partial charge in [0.25, 0.3) is 0 Å². The maximum atomic E-state index is 14.4. The van der Waals surface area contributed by atoms with Crippen LogP contribution in [-0.2, 0) is 6.67 Å². The molecule has 36 heavy (non-hydrogen) atoms. The van der Waals surface area contributed by atoms with Gasteiger partial charge in [-0.2, -0.15) is 9.97 Å². The van der Waals surface area contributed by atoms with Gasteiger partial charge in [0.05, 0.1) is 22.5 Å². The van der Waals surface area contributed by atoms with Crippen molar-refractivity contribution in [3.05, 3.63) is 53.7 Å². The average Bonchev–Trinajstić information content (AvgIpc) is 3.59. The minimum absolute atomic E-state index is 0.0844. The Morgan fingerprint density at radius 1 is 1.14 bits per heavy atom. The number of rotatable bonds is 8. The van der Waals surface area contributed by atoms with Crippen molar-refractivity contribution in [1.82, 2.24) is 20.2 Å². The molecule has 0 spiro atoms. The number of nitrogens with one attached hydrogen (secondary N) is 1. The molecule has 4 fully saturated rings. The number of nitrogens with zero attached hydrogens (tertiary/aromatic N) is 5. The largest absolute Gasteiger partial charge is 0.461 e. The van der Waals surface area contributed by atoms with E-state index in [-0.39, 0.29) is 11.5 Å². The number of halogens is 1. The molecule has 6 rings (SSSR count). The highest BCUT2D eigenvalue weighted by Crippen LogP contribution is 2.39. The second-order valence-electron chi connectivity index (χ2n) is 10.6. The number of hydrogen-bond acceptors (Lipinski definition) is 7. The minimum atomic E-state index is -0.707. The number of aliphatic imine (C=N–C) groups is 1. The predicted octanol–water partition coefficient (Wildman–Crippen LogP) is 3.98. The smallest absolute Gasteiger partial charge is 0.318 e. The maximum absolute atomic E-state index is 14.4. The fourth-order valence-corrected chi connectivity index (χ4v) is 6.50. The van der Waals surface area contributed by atoms with Crippen LogP contribution in [0.25, 0.3) is 5.70 Å². The molecule has 2 atom stereocenters. The van der Waals surface area contributed by atoms with Crippen LogP contribution in [0.1, 0.15) is 55.3 Å². The number of ether oxygens (including phenoxy) is 1. The van der Waals surface area contributed by atoms with Gasteiger partial charge in [-0.05, 0) is 57.2 Å². The summed E-state index contributed by atoms with van der Waals surface area (Å²) in [4.78, 5) is 18.8. The van der Waals surface area contributed by atoms with Gasteiger partial charge in [-0.15, -0.1) is 0 Å². The first kappa shape index (κ1) is 23.6. The first-order valence-corrected chi connectivity index (χ1v) is 13.3. The van der Waals surface area contributed by atoms with Crippen LogP contribution < -0.4 is 15.0 Å². The number of hydrogen-bond donors (Lipinski definition) is 1. The zero-order chi connectivity index (χ0) is 24.5. The van der Waals surface area contributed by atoms with Gasteiger partial charge in [-0.3, -0.25) is 9.89 Å². The van der Waals surface area contributed by atoms with E-state index in [1.165, 1.54) is 12.8 Å². The summed E-state index contributed by atoms with van der Waals surface area (Å²) < 4.78 is 20.7. The van der Waals surface area contributed by atoms with E-state index < -0.39 is 6.67 Å². The fraction of sp³-hybridized carbons (Fsp3) is 0.536. The molecule has 1 N–H and O–H groups in total. The van der Waals surface area contributed by atoms with Gasteiger partial charge < -0.3 is 15.0 Å². The molecule has 1 aromatic carbocycles. The molecule has 0 aliphatic carbocycles. The zero-order valence-corrected chi connectivity index (χ0v) is 20.8. The van der Waals surface area contributed by atoms with Crippen LogP contribution in [0.5, 0.6) is 6.01 Å². The van der Waals surface area contributed by atoms with Crippen LogP contribution in [0.4, 0.5) is 10.2 Å². The summed E-state index contributed by atoms with van der Waals surface area (Å²) in [5.74, 6) is 0.711. The Balaban J connectivity index is 1.31. The van der Waals surface area contributed by atoms with Gasteiger partial charge in [0.15, 0.2) is 0 Å². The molecule has 2 aromatic rings. The van der Waals surface area contributed by atoms with Crippen molar-refractivity contribution < 1.29 is 9.13 Å². The third-order valence-corrected chi connectivity index (χ3v) is 8.36. The molecule has 0 radical (unpaired) electrons. The molecule has 4 aliphatic rings. The Labute approximate surface area is 212 Å². The van der Waals surface area contributed by atoms with E-state index in [9.17, 15) is 4.39 Å². The Morgan fingerprint density at radius 2 is 1.86 bits per heavy atom. The number of alkyl halides is 1. The van der Waals surface area contributed by atoms with Gasteiger partial charge in [0, 0.05) is 31.4 Å². The van der Waals surface area contributed by atoms with Crippen molar-refractivity contribution in [2.24, 2.45) is 4.99 Å². The minimum Gasteiger partial charge on any atom is -0.461 e. The number of aromatic nitrogens is 2. The summed E-state index contributed by atoms with van der Waals surface area (Å²) in [6, 6.07) is 10.9. The zero-order valence-electron chi connectivity index (χ0n) is 20.8. The molecular formula is C28H35FN6O. The molecule has 7 nitrogen and oxygen atoms in total. The first-order valence-electron chi connectivity index (χ1n) is 13.3. The molecule has 0 amide bonds. The summed E-state index contributed by atoms with van der Waals surface area (Å²) in [5, 5.41) is 3.67. The Kier molecular flexibility index (Phi) is 6.48. The van der Waals surface area contributed by atoms with Crippen LogP contribution in [0.2, 0.25) is 0 Å². The van der Waals surface area contributed by atoms with Gasteiger partial charge in [-0.25, -0.2) is 4.39 Å². The van der Waals surface area contributed by atoms with Gasteiger partial charge in [0.1, 0.15) is 19.1 Å². The Hall–Kier alpha value is -2.84. The lowest BCUT2D eigenvalue weighted by Crippen LogP contribution is -2.51. The average molecular weight is 491 g/mol. The number of anilines is 1. The summed E-state index contributed by atoms with van der Waals surface area (Å²) >= 11 is 0. The van der Waals surface area contributed by atoms with Crippen LogP contribution in [0, 0.1) is 0 Å². The van der Waals surface area contributed by atoms with Crippen molar-refractivity contribution in [1.29, 1.82) is 0 Å². The van der Waals surface area contributed by atoms with Crippen LogP contribution in [-0.4, -0.2) is 71.5 Å². The summed E-state index contributed by atoms with van der Waals surface area (Å²) in [7, 11) is 0. The number of benzene rings is 1. The van der Waals surface area contributed by atoms with Crippen molar-refractivity contribution in [2.75, 3.05) is 37.7 Å². The predicted molar refractivity (Wildman–Crippen MR) is 140 cm³/mol. The summed E-state index contributed by atoms with van der Waals surface area (Å²) in [6.07, 6.45) is 8.68. The highest BCUT2D eigenvalue weighted by Gasteiger charge is 2.45. The van der Waals surface area contributed by atoms with Crippen molar-refractivity contribution in [3.63, 3.8) is 0 Å². The molecule has 5 heterocycles. The number of fused-ring (bicyclic) bond motifs is 3. The van der Waals surface area contributed by atoms with E-state index in [0.29, 0.717) is 41.5 Å².